The van der Waals surface area contributed by atoms with Gasteiger partial charge in [0.1, 0.15) is 5.82 Å². The maximum absolute atomic E-state index is 13.6. The van der Waals surface area contributed by atoms with Crippen LogP contribution in [-0.2, 0) is 10.2 Å². The van der Waals surface area contributed by atoms with Crippen LogP contribution < -0.4 is 5.32 Å². The number of amides is 1. The summed E-state index contributed by atoms with van der Waals surface area (Å²) in [6, 6.07) is 19.6. The van der Waals surface area contributed by atoms with Crippen LogP contribution in [0.2, 0.25) is 0 Å². The van der Waals surface area contributed by atoms with Crippen molar-refractivity contribution in [2.75, 3.05) is 27.2 Å². The SMILES string of the molecule is CN(C)CCCNC(=O)C(c1ccccc1)(c1ccccc1)c1ncc[nH]1. The number of nitrogens with one attached hydrogen (secondary N) is 2. The molecule has 0 aliphatic heterocycles. The molecule has 5 nitrogen and oxygen atoms in total. The first-order valence-electron chi connectivity index (χ1n) is 9.19. The van der Waals surface area contributed by atoms with Gasteiger partial charge in [0.25, 0.3) is 0 Å². The molecule has 2 aromatic carbocycles. The fraction of sp³-hybridized carbons (Fsp3) is 0.273. The number of aromatic amines is 1. The van der Waals surface area contributed by atoms with Gasteiger partial charge in [-0.25, -0.2) is 4.98 Å². The topological polar surface area (TPSA) is 61.0 Å². The molecule has 0 spiro atoms. The summed E-state index contributed by atoms with van der Waals surface area (Å²) in [5, 5.41) is 3.14. The third-order valence-electron chi connectivity index (χ3n) is 4.68. The molecule has 140 valence electrons. The standard InChI is InChI=1S/C22H26N4O/c1-26(2)17-9-14-25-21(27)22(20-23-15-16-24-20,18-10-5-3-6-11-18)19-12-7-4-8-13-19/h3-8,10-13,15-16H,9,14,17H2,1-2H3,(H,23,24)(H,25,27). The molecule has 1 aromatic heterocycles. The highest BCUT2D eigenvalue weighted by Crippen LogP contribution is 2.37. The molecule has 0 atom stereocenters. The number of rotatable bonds is 8. The van der Waals surface area contributed by atoms with Crippen molar-refractivity contribution < 1.29 is 4.79 Å². The molecule has 3 aromatic rings. The summed E-state index contributed by atoms with van der Waals surface area (Å²) in [7, 11) is 4.06. The van der Waals surface area contributed by atoms with Gasteiger partial charge in [-0.3, -0.25) is 4.79 Å². The van der Waals surface area contributed by atoms with Crippen LogP contribution in [0.4, 0.5) is 0 Å². The van der Waals surface area contributed by atoms with Crippen molar-refractivity contribution in [2.45, 2.75) is 11.8 Å². The van der Waals surface area contributed by atoms with E-state index < -0.39 is 5.41 Å². The zero-order valence-corrected chi connectivity index (χ0v) is 15.9. The van der Waals surface area contributed by atoms with Crippen molar-refractivity contribution in [3.05, 3.63) is 90.0 Å². The predicted molar refractivity (Wildman–Crippen MR) is 108 cm³/mol. The van der Waals surface area contributed by atoms with E-state index in [1.54, 1.807) is 12.4 Å². The molecule has 0 aliphatic carbocycles. The Bertz CT molecular complexity index is 790. The van der Waals surface area contributed by atoms with Crippen LogP contribution in [0, 0.1) is 0 Å². The van der Waals surface area contributed by atoms with Crippen molar-refractivity contribution >= 4 is 5.91 Å². The van der Waals surface area contributed by atoms with E-state index in [1.807, 2.05) is 74.8 Å². The molecule has 1 heterocycles. The normalized spacial score (nSPS) is 11.5. The largest absolute Gasteiger partial charge is 0.355 e. The van der Waals surface area contributed by atoms with Gasteiger partial charge in [-0.1, -0.05) is 60.7 Å². The first-order chi connectivity index (χ1) is 13.2. The second-order valence-corrected chi connectivity index (χ2v) is 6.83. The monoisotopic (exact) mass is 362 g/mol. The molecule has 0 saturated heterocycles. The summed E-state index contributed by atoms with van der Waals surface area (Å²) < 4.78 is 0. The van der Waals surface area contributed by atoms with Crippen molar-refractivity contribution in [2.24, 2.45) is 0 Å². The van der Waals surface area contributed by atoms with Crippen molar-refractivity contribution in [1.29, 1.82) is 0 Å². The van der Waals surface area contributed by atoms with Crippen LogP contribution in [0.5, 0.6) is 0 Å². The molecular formula is C22H26N4O. The van der Waals surface area contributed by atoms with Gasteiger partial charge in [-0.15, -0.1) is 0 Å². The van der Waals surface area contributed by atoms with Crippen LogP contribution in [0.25, 0.3) is 0 Å². The zero-order valence-electron chi connectivity index (χ0n) is 15.9. The van der Waals surface area contributed by atoms with Gasteiger partial charge in [0.05, 0.1) is 0 Å². The van der Waals surface area contributed by atoms with Crippen molar-refractivity contribution in [3.63, 3.8) is 0 Å². The highest BCUT2D eigenvalue weighted by Gasteiger charge is 2.45. The van der Waals surface area contributed by atoms with E-state index in [2.05, 4.69) is 20.2 Å². The third-order valence-corrected chi connectivity index (χ3v) is 4.68. The highest BCUT2D eigenvalue weighted by molar-refractivity contribution is 5.95. The van der Waals surface area contributed by atoms with Gasteiger partial charge in [0.15, 0.2) is 5.41 Å². The van der Waals surface area contributed by atoms with Gasteiger partial charge >= 0.3 is 0 Å². The minimum atomic E-state index is -1.02. The fourth-order valence-electron chi connectivity index (χ4n) is 3.39. The number of benzene rings is 2. The average Bonchev–Trinajstić information content (AvgIpc) is 3.22. The smallest absolute Gasteiger partial charge is 0.242 e. The Kier molecular flexibility index (Phi) is 6.04. The number of nitrogens with zero attached hydrogens (tertiary/aromatic N) is 2. The molecule has 27 heavy (non-hydrogen) atoms. The summed E-state index contributed by atoms with van der Waals surface area (Å²) in [5.41, 5.74) is 0.747. The quantitative estimate of drug-likeness (QED) is 0.606. The van der Waals surface area contributed by atoms with E-state index in [-0.39, 0.29) is 5.91 Å². The number of H-pyrrole nitrogens is 1. The molecule has 0 unspecified atom stereocenters. The highest BCUT2D eigenvalue weighted by atomic mass is 16.2. The molecular weight excluding hydrogens is 336 g/mol. The molecule has 0 saturated carbocycles. The molecule has 5 heteroatoms. The lowest BCUT2D eigenvalue weighted by Gasteiger charge is -2.32. The second-order valence-electron chi connectivity index (χ2n) is 6.83. The average molecular weight is 362 g/mol. The summed E-state index contributed by atoms with van der Waals surface area (Å²) >= 11 is 0. The maximum atomic E-state index is 13.6. The number of carbonyl (C=O) groups excluding carboxylic acids is 1. The van der Waals surface area contributed by atoms with Crippen LogP contribution in [0.1, 0.15) is 23.4 Å². The number of imidazole rings is 1. The van der Waals surface area contributed by atoms with Crippen LogP contribution in [0.3, 0.4) is 0 Å². The molecule has 0 aliphatic rings. The lowest BCUT2D eigenvalue weighted by molar-refractivity contribution is -0.124. The van der Waals surface area contributed by atoms with E-state index in [4.69, 9.17) is 0 Å². The Hall–Kier alpha value is -2.92. The number of carbonyl (C=O) groups is 1. The number of hydrogen-bond acceptors (Lipinski definition) is 3. The lowest BCUT2D eigenvalue weighted by Crippen LogP contribution is -2.47. The maximum Gasteiger partial charge on any atom is 0.242 e. The van der Waals surface area contributed by atoms with E-state index >= 15 is 0 Å². The Labute approximate surface area is 160 Å². The first-order valence-corrected chi connectivity index (χ1v) is 9.19. The summed E-state index contributed by atoms with van der Waals surface area (Å²) in [5.74, 6) is 0.540. The number of hydrogen-bond donors (Lipinski definition) is 2. The van der Waals surface area contributed by atoms with Crippen molar-refractivity contribution in [1.82, 2.24) is 20.2 Å². The van der Waals surface area contributed by atoms with Crippen molar-refractivity contribution in [3.8, 4) is 0 Å². The fourth-order valence-corrected chi connectivity index (χ4v) is 3.39. The second kappa shape index (κ2) is 8.64. The minimum Gasteiger partial charge on any atom is -0.355 e. The molecule has 0 radical (unpaired) electrons. The van der Waals surface area contributed by atoms with Crippen LogP contribution in [-0.4, -0.2) is 48.0 Å². The first kappa shape index (κ1) is 18.9. The van der Waals surface area contributed by atoms with E-state index in [0.29, 0.717) is 12.4 Å². The Morgan fingerprint density at radius 1 is 1.04 bits per heavy atom. The summed E-state index contributed by atoms with van der Waals surface area (Å²) in [6.07, 6.45) is 4.33. The molecule has 0 bridgehead atoms. The Morgan fingerprint density at radius 2 is 1.63 bits per heavy atom. The molecule has 2 N–H and O–H groups in total. The summed E-state index contributed by atoms with van der Waals surface area (Å²) in [6.45, 7) is 1.53. The van der Waals surface area contributed by atoms with Gasteiger partial charge in [-0.2, -0.15) is 0 Å². The van der Waals surface area contributed by atoms with E-state index in [1.165, 1.54) is 0 Å². The minimum absolute atomic E-state index is 0.0754. The predicted octanol–water partition coefficient (Wildman–Crippen LogP) is 2.81. The van der Waals surface area contributed by atoms with E-state index in [0.717, 1.165) is 24.1 Å². The van der Waals surface area contributed by atoms with Gasteiger partial charge in [0.2, 0.25) is 5.91 Å². The van der Waals surface area contributed by atoms with Gasteiger partial charge < -0.3 is 15.2 Å². The summed E-state index contributed by atoms with van der Waals surface area (Å²) in [4.78, 5) is 23.4. The van der Waals surface area contributed by atoms with Gasteiger partial charge in [0, 0.05) is 18.9 Å². The molecule has 0 fully saturated rings. The number of aromatic nitrogens is 2. The Morgan fingerprint density at radius 3 is 2.11 bits per heavy atom. The lowest BCUT2D eigenvalue weighted by atomic mass is 9.72. The van der Waals surface area contributed by atoms with E-state index in [9.17, 15) is 4.79 Å². The Balaban J connectivity index is 2.06. The third kappa shape index (κ3) is 3.93. The van der Waals surface area contributed by atoms with Crippen LogP contribution in [0.15, 0.2) is 73.1 Å². The van der Waals surface area contributed by atoms with Crippen LogP contribution >= 0.6 is 0 Å². The zero-order chi connectivity index (χ0) is 19.1. The molecule has 3 rings (SSSR count). The molecule has 1 amide bonds. The van der Waals surface area contributed by atoms with Gasteiger partial charge in [-0.05, 0) is 38.2 Å².